The normalized spacial score (nSPS) is 15.4. The van der Waals surface area contributed by atoms with E-state index in [0.717, 1.165) is 5.69 Å². The van der Waals surface area contributed by atoms with Gasteiger partial charge in [0.05, 0.1) is 21.3 Å². The summed E-state index contributed by atoms with van der Waals surface area (Å²) in [5.41, 5.74) is 0.737. The molecule has 1 aliphatic heterocycles. The lowest BCUT2D eigenvalue weighted by molar-refractivity contribution is -0.123. The summed E-state index contributed by atoms with van der Waals surface area (Å²) in [5.74, 6) is 1.07. The standard InChI is InChI=1S/C22H28N2O6S/c1-23(17-6-5-7-18(14-17)28-2)22(25)16-10-12-24(13-11-16)31(26,27)21-15-19(29-3)8-9-20(21)30-4/h5-9,14-16H,10-13H2,1-4H3. The van der Waals surface area contributed by atoms with Crippen molar-refractivity contribution in [1.82, 2.24) is 4.31 Å². The second-order valence-electron chi connectivity index (χ2n) is 7.29. The number of anilines is 1. The number of hydrogen-bond acceptors (Lipinski definition) is 6. The SMILES string of the molecule is COc1cccc(N(C)C(=O)C2CCN(S(=O)(=O)c3cc(OC)ccc3OC)CC2)c1. The van der Waals surface area contributed by atoms with Gasteiger partial charge in [-0.1, -0.05) is 6.07 Å². The van der Waals surface area contributed by atoms with E-state index in [2.05, 4.69) is 0 Å². The molecule has 9 heteroatoms. The Balaban J connectivity index is 1.72. The van der Waals surface area contributed by atoms with Gasteiger partial charge in [0, 0.05) is 43.9 Å². The molecular weight excluding hydrogens is 420 g/mol. The van der Waals surface area contributed by atoms with Gasteiger partial charge < -0.3 is 19.1 Å². The predicted molar refractivity (Wildman–Crippen MR) is 117 cm³/mol. The highest BCUT2D eigenvalue weighted by molar-refractivity contribution is 7.89. The summed E-state index contributed by atoms with van der Waals surface area (Å²) in [6.45, 7) is 0.510. The molecule has 0 saturated carbocycles. The van der Waals surface area contributed by atoms with Crippen LogP contribution in [-0.4, -0.2) is 60.1 Å². The number of carbonyl (C=O) groups is 1. The number of benzene rings is 2. The van der Waals surface area contributed by atoms with Crippen molar-refractivity contribution in [3.05, 3.63) is 42.5 Å². The summed E-state index contributed by atoms with van der Waals surface area (Å²) >= 11 is 0. The first kappa shape index (κ1) is 22.9. The van der Waals surface area contributed by atoms with Crippen molar-refractivity contribution in [3.63, 3.8) is 0 Å². The maximum atomic E-state index is 13.2. The number of rotatable bonds is 7. The minimum Gasteiger partial charge on any atom is -0.497 e. The quantitative estimate of drug-likeness (QED) is 0.648. The topological polar surface area (TPSA) is 85.4 Å². The van der Waals surface area contributed by atoms with E-state index in [1.807, 2.05) is 18.2 Å². The number of hydrogen-bond donors (Lipinski definition) is 0. The third-order valence-corrected chi connectivity index (χ3v) is 7.48. The summed E-state index contributed by atoms with van der Waals surface area (Å²) in [5, 5.41) is 0. The zero-order valence-electron chi connectivity index (χ0n) is 18.2. The third-order valence-electron chi connectivity index (χ3n) is 5.56. The summed E-state index contributed by atoms with van der Waals surface area (Å²) in [6.07, 6.45) is 0.886. The van der Waals surface area contributed by atoms with Crippen LogP contribution in [0.25, 0.3) is 0 Å². The molecule has 0 unspecified atom stereocenters. The lowest BCUT2D eigenvalue weighted by atomic mass is 9.96. The van der Waals surface area contributed by atoms with Gasteiger partial charge in [-0.2, -0.15) is 4.31 Å². The smallest absolute Gasteiger partial charge is 0.246 e. The van der Waals surface area contributed by atoms with Crippen LogP contribution in [0.2, 0.25) is 0 Å². The van der Waals surface area contributed by atoms with Gasteiger partial charge in [-0.3, -0.25) is 4.79 Å². The molecule has 0 aromatic heterocycles. The van der Waals surface area contributed by atoms with E-state index in [1.165, 1.54) is 24.6 Å². The molecule has 1 heterocycles. The molecule has 8 nitrogen and oxygen atoms in total. The number of ether oxygens (including phenoxy) is 3. The first-order valence-electron chi connectivity index (χ1n) is 9.95. The summed E-state index contributed by atoms with van der Waals surface area (Å²) in [6, 6.07) is 12.0. The average Bonchev–Trinajstić information content (AvgIpc) is 2.82. The minimum absolute atomic E-state index is 0.0377. The van der Waals surface area contributed by atoms with Crippen LogP contribution in [0.4, 0.5) is 5.69 Å². The summed E-state index contributed by atoms with van der Waals surface area (Å²) in [4.78, 5) is 14.7. The highest BCUT2D eigenvalue weighted by Crippen LogP contribution is 2.33. The number of nitrogens with zero attached hydrogens (tertiary/aromatic N) is 2. The van der Waals surface area contributed by atoms with Gasteiger partial charge in [-0.25, -0.2) is 8.42 Å². The molecule has 0 aliphatic carbocycles. The minimum atomic E-state index is -3.78. The molecule has 1 amide bonds. The van der Waals surface area contributed by atoms with Crippen LogP contribution >= 0.6 is 0 Å². The van der Waals surface area contributed by atoms with E-state index in [9.17, 15) is 13.2 Å². The van der Waals surface area contributed by atoms with Crippen molar-refractivity contribution in [2.75, 3.05) is 46.4 Å². The van der Waals surface area contributed by atoms with Gasteiger partial charge in [0.15, 0.2) is 0 Å². The zero-order valence-corrected chi connectivity index (χ0v) is 19.0. The first-order chi connectivity index (χ1) is 14.8. The number of methoxy groups -OCH3 is 3. The van der Waals surface area contributed by atoms with Gasteiger partial charge >= 0.3 is 0 Å². The molecule has 0 bridgehead atoms. The second kappa shape index (κ2) is 9.57. The molecule has 0 atom stereocenters. The molecule has 0 radical (unpaired) electrons. The van der Waals surface area contributed by atoms with Crippen LogP contribution in [0, 0.1) is 5.92 Å². The van der Waals surface area contributed by atoms with Crippen molar-refractivity contribution < 1.29 is 27.4 Å². The summed E-state index contributed by atoms with van der Waals surface area (Å²) in [7, 11) is 2.43. The average molecular weight is 449 g/mol. The molecule has 31 heavy (non-hydrogen) atoms. The highest BCUT2D eigenvalue weighted by atomic mass is 32.2. The van der Waals surface area contributed by atoms with Crippen molar-refractivity contribution in [2.45, 2.75) is 17.7 Å². The van der Waals surface area contributed by atoms with E-state index in [-0.39, 0.29) is 35.6 Å². The third kappa shape index (κ3) is 4.77. The molecule has 0 N–H and O–H groups in total. The highest BCUT2D eigenvalue weighted by Gasteiger charge is 2.35. The Bertz CT molecular complexity index is 1030. The van der Waals surface area contributed by atoms with Gasteiger partial charge in [0.2, 0.25) is 15.9 Å². The maximum absolute atomic E-state index is 13.2. The lowest BCUT2D eigenvalue weighted by Crippen LogP contribution is -2.43. The van der Waals surface area contributed by atoms with E-state index in [4.69, 9.17) is 14.2 Å². The van der Waals surface area contributed by atoms with E-state index in [0.29, 0.717) is 24.3 Å². The van der Waals surface area contributed by atoms with Crippen molar-refractivity contribution in [2.24, 2.45) is 5.92 Å². The Kier molecular flexibility index (Phi) is 7.07. The van der Waals surface area contributed by atoms with Crippen LogP contribution in [0.3, 0.4) is 0 Å². The monoisotopic (exact) mass is 448 g/mol. The van der Waals surface area contributed by atoms with Crippen molar-refractivity contribution in [3.8, 4) is 17.2 Å². The second-order valence-corrected chi connectivity index (χ2v) is 9.20. The zero-order chi connectivity index (χ0) is 22.6. The number of sulfonamides is 1. The number of carbonyl (C=O) groups excluding carboxylic acids is 1. The molecule has 0 spiro atoms. The lowest BCUT2D eigenvalue weighted by Gasteiger charge is -2.32. The van der Waals surface area contributed by atoms with E-state index in [1.54, 1.807) is 37.3 Å². The number of piperidine rings is 1. The van der Waals surface area contributed by atoms with Crippen LogP contribution in [0.15, 0.2) is 47.4 Å². The molecule has 1 aliphatic rings. The fourth-order valence-electron chi connectivity index (χ4n) is 3.69. The van der Waals surface area contributed by atoms with Crippen LogP contribution in [0.5, 0.6) is 17.2 Å². The maximum Gasteiger partial charge on any atom is 0.246 e. The fraction of sp³-hybridized carbons (Fsp3) is 0.409. The Labute approximate surface area is 183 Å². The Morgan fingerprint density at radius 2 is 1.61 bits per heavy atom. The van der Waals surface area contributed by atoms with Crippen LogP contribution in [0.1, 0.15) is 12.8 Å². The number of amides is 1. The van der Waals surface area contributed by atoms with Crippen LogP contribution < -0.4 is 19.1 Å². The molecule has 1 saturated heterocycles. The van der Waals surface area contributed by atoms with Crippen molar-refractivity contribution >= 4 is 21.6 Å². The predicted octanol–water partition coefficient (Wildman–Crippen LogP) is 2.78. The molecule has 2 aromatic rings. The molecule has 1 fully saturated rings. The van der Waals surface area contributed by atoms with E-state index >= 15 is 0 Å². The molecular formula is C22H28N2O6S. The van der Waals surface area contributed by atoms with Crippen molar-refractivity contribution in [1.29, 1.82) is 0 Å². The van der Waals surface area contributed by atoms with Gasteiger partial charge in [-0.15, -0.1) is 0 Å². The van der Waals surface area contributed by atoms with E-state index < -0.39 is 10.0 Å². The molecule has 3 rings (SSSR count). The van der Waals surface area contributed by atoms with Gasteiger partial charge in [0.25, 0.3) is 0 Å². The molecule has 2 aromatic carbocycles. The Morgan fingerprint density at radius 3 is 2.23 bits per heavy atom. The largest absolute Gasteiger partial charge is 0.497 e. The fourth-order valence-corrected chi connectivity index (χ4v) is 5.33. The van der Waals surface area contributed by atoms with Crippen LogP contribution in [-0.2, 0) is 14.8 Å². The summed E-state index contributed by atoms with van der Waals surface area (Å²) < 4.78 is 43.5. The molecule has 168 valence electrons. The Morgan fingerprint density at radius 1 is 0.968 bits per heavy atom. The van der Waals surface area contributed by atoms with Gasteiger partial charge in [0.1, 0.15) is 22.1 Å². The van der Waals surface area contributed by atoms with Gasteiger partial charge in [-0.05, 0) is 37.1 Å². The Hall–Kier alpha value is -2.78. The first-order valence-corrected chi connectivity index (χ1v) is 11.4.